The maximum Gasteiger partial charge on any atom is 0.224 e. The van der Waals surface area contributed by atoms with Gasteiger partial charge in [-0.15, -0.1) is 0 Å². The number of β-amino-alcohol motifs (C(OH)–C–C–N with tert-alkyl or cyclic N) is 2. The molecule has 0 saturated carbocycles. The van der Waals surface area contributed by atoms with Crippen LogP contribution in [0, 0.1) is 12.7 Å². The number of aliphatic hydroxyl groups excluding tert-OH is 2. The lowest BCUT2D eigenvalue weighted by Crippen LogP contribution is -2.57. The average Bonchev–Trinajstić information content (AvgIpc) is 3.44. The van der Waals surface area contributed by atoms with Crippen LogP contribution in [0.4, 0.5) is 21.8 Å². The van der Waals surface area contributed by atoms with Crippen LogP contribution in [-0.4, -0.2) is 99.0 Å². The molecule has 1 unspecified atom stereocenters. The molecule has 38 heavy (non-hydrogen) atoms. The number of ether oxygens (including phenoxy) is 1. The van der Waals surface area contributed by atoms with Gasteiger partial charge in [-0.2, -0.15) is 15.1 Å². The number of nitrogens with two attached hydrogens (primary N) is 1. The van der Waals surface area contributed by atoms with Crippen molar-refractivity contribution in [2.75, 3.05) is 61.4 Å². The monoisotopic (exact) mass is 522 g/mol. The summed E-state index contributed by atoms with van der Waals surface area (Å²) in [6, 6.07) is 6.64. The molecule has 4 N–H and O–H groups in total. The molecule has 1 aromatic carbocycles. The average molecular weight is 523 g/mol. The quantitative estimate of drug-likeness (QED) is 0.443. The fraction of sp³-hybridized carbons (Fsp3) is 0.423. The smallest absolute Gasteiger partial charge is 0.224 e. The van der Waals surface area contributed by atoms with Crippen molar-refractivity contribution in [3.8, 4) is 11.6 Å². The molecule has 0 spiro atoms. The van der Waals surface area contributed by atoms with Gasteiger partial charge in [0.05, 0.1) is 35.8 Å². The Hall–Kier alpha value is -3.74. The largest absolute Gasteiger partial charge is 0.489 e. The van der Waals surface area contributed by atoms with Gasteiger partial charge >= 0.3 is 0 Å². The second-order valence-electron chi connectivity index (χ2n) is 10.0. The van der Waals surface area contributed by atoms with Gasteiger partial charge in [0.25, 0.3) is 0 Å². The predicted octanol–water partition coefficient (Wildman–Crippen LogP) is 0.830. The Kier molecular flexibility index (Phi) is 6.38. The van der Waals surface area contributed by atoms with Gasteiger partial charge in [0.1, 0.15) is 24.0 Å². The van der Waals surface area contributed by atoms with Crippen LogP contribution < -0.4 is 20.3 Å². The van der Waals surface area contributed by atoms with Gasteiger partial charge in [0, 0.05) is 57.0 Å². The number of hydrogen-bond acceptors (Lipinski definition) is 10. The van der Waals surface area contributed by atoms with E-state index in [1.807, 2.05) is 13.0 Å². The van der Waals surface area contributed by atoms with E-state index >= 15 is 0 Å². The summed E-state index contributed by atoms with van der Waals surface area (Å²) < 4.78 is 21.4. The lowest BCUT2D eigenvalue weighted by atomic mass is 10.1. The Morgan fingerprint density at radius 1 is 1.11 bits per heavy atom. The first-order valence-corrected chi connectivity index (χ1v) is 12.7. The van der Waals surface area contributed by atoms with E-state index in [1.54, 1.807) is 34.0 Å². The Morgan fingerprint density at radius 2 is 1.89 bits per heavy atom. The molecule has 0 aliphatic carbocycles. The summed E-state index contributed by atoms with van der Waals surface area (Å²) in [6.07, 6.45) is 4.29. The van der Waals surface area contributed by atoms with Crippen molar-refractivity contribution in [2.24, 2.45) is 0 Å². The fourth-order valence-corrected chi connectivity index (χ4v) is 5.38. The van der Waals surface area contributed by atoms with Crippen molar-refractivity contribution >= 4 is 23.5 Å². The summed E-state index contributed by atoms with van der Waals surface area (Å²) in [6.45, 7) is 6.39. The molecular weight excluding hydrogens is 491 g/mol. The molecular formula is C26H31FN8O3. The Labute approximate surface area is 219 Å². The van der Waals surface area contributed by atoms with Crippen molar-refractivity contribution in [1.29, 1.82) is 0 Å². The molecule has 5 heterocycles. The second kappa shape index (κ2) is 9.86. The zero-order valence-corrected chi connectivity index (χ0v) is 21.1. The van der Waals surface area contributed by atoms with E-state index < -0.39 is 12.2 Å². The predicted molar refractivity (Wildman–Crippen MR) is 141 cm³/mol. The number of aliphatic hydroxyl groups is 2. The third-order valence-electron chi connectivity index (χ3n) is 7.45. The van der Waals surface area contributed by atoms with Crippen molar-refractivity contribution in [2.45, 2.75) is 25.2 Å². The number of nitrogens with zero attached hydrogens (tertiary/aromatic N) is 7. The van der Waals surface area contributed by atoms with Gasteiger partial charge in [0.15, 0.2) is 5.82 Å². The minimum Gasteiger partial charge on any atom is -0.489 e. The van der Waals surface area contributed by atoms with E-state index in [0.29, 0.717) is 18.2 Å². The van der Waals surface area contributed by atoms with Crippen LogP contribution in [0.5, 0.6) is 5.75 Å². The molecule has 3 aliphatic heterocycles. The molecule has 3 aliphatic rings. The third kappa shape index (κ3) is 4.66. The van der Waals surface area contributed by atoms with Gasteiger partial charge in [-0.1, -0.05) is 12.2 Å². The molecule has 3 aromatic rings. The second-order valence-corrected chi connectivity index (χ2v) is 10.0. The number of hydrogen-bond donors (Lipinski definition) is 3. The van der Waals surface area contributed by atoms with Crippen molar-refractivity contribution in [3.63, 3.8) is 0 Å². The highest BCUT2D eigenvalue weighted by molar-refractivity contribution is 5.61. The van der Waals surface area contributed by atoms with Crippen molar-refractivity contribution < 1.29 is 19.3 Å². The molecule has 2 saturated heterocycles. The van der Waals surface area contributed by atoms with Gasteiger partial charge in [-0.05, 0) is 19.1 Å². The van der Waals surface area contributed by atoms with E-state index in [1.165, 1.54) is 6.07 Å². The summed E-state index contributed by atoms with van der Waals surface area (Å²) in [5.41, 5.74) is 8.66. The summed E-state index contributed by atoms with van der Waals surface area (Å²) in [5.74, 6) is 1.65. The van der Waals surface area contributed by atoms with E-state index in [0.717, 1.165) is 48.9 Å². The van der Waals surface area contributed by atoms with Crippen LogP contribution >= 0.6 is 0 Å². The summed E-state index contributed by atoms with van der Waals surface area (Å²) in [4.78, 5) is 15.0. The number of rotatable bonds is 5. The maximum atomic E-state index is 13.8. The number of halogens is 1. The van der Waals surface area contributed by atoms with Crippen LogP contribution in [0.25, 0.3) is 11.9 Å². The zero-order chi connectivity index (χ0) is 26.4. The Bertz CT molecular complexity index is 1350. The fourth-order valence-electron chi connectivity index (χ4n) is 5.38. The van der Waals surface area contributed by atoms with Crippen LogP contribution in [-0.2, 0) is 0 Å². The molecule has 12 heteroatoms. The first-order chi connectivity index (χ1) is 18.4. The highest BCUT2D eigenvalue weighted by Gasteiger charge is 2.33. The molecule has 2 aromatic heterocycles. The van der Waals surface area contributed by atoms with E-state index in [9.17, 15) is 14.6 Å². The molecule has 11 nitrogen and oxygen atoms in total. The summed E-state index contributed by atoms with van der Waals surface area (Å²) >= 11 is 0. The number of benzene rings is 1. The molecule has 0 amide bonds. The minimum absolute atomic E-state index is 0.0940. The molecule has 0 bridgehead atoms. The van der Waals surface area contributed by atoms with Gasteiger partial charge in [-0.25, -0.2) is 9.07 Å². The molecule has 6 rings (SSSR count). The van der Waals surface area contributed by atoms with Crippen molar-refractivity contribution in [1.82, 2.24) is 24.6 Å². The number of nitrogen functional groups attached to an aromatic ring is 1. The minimum atomic E-state index is -0.828. The zero-order valence-electron chi connectivity index (χ0n) is 21.1. The summed E-state index contributed by atoms with van der Waals surface area (Å²) in [7, 11) is 0. The van der Waals surface area contributed by atoms with Gasteiger partial charge in [0.2, 0.25) is 5.95 Å². The molecule has 2 fully saturated rings. The standard InChI is InChI=1S/C26H31FN8O3/c1-16-17(11-29-35(16)25-10-24(30-26(28)31-25)33-13-21(36)22(37)14-33)3-2-6-32-7-8-34-19(12-32)15-38-23-5-4-18(27)9-20(23)34/h2-5,9-11,19,21-22,36-37H,6-8,12-15H2,1H3,(H2,28,30,31)/t19?,21-,22-/m0/s1. The lowest BCUT2D eigenvalue weighted by Gasteiger charge is -2.45. The van der Waals surface area contributed by atoms with Crippen LogP contribution in [0.3, 0.4) is 0 Å². The molecule has 3 atom stereocenters. The number of aromatic nitrogens is 4. The summed E-state index contributed by atoms with van der Waals surface area (Å²) in [5, 5.41) is 24.3. The topological polar surface area (TPSA) is 129 Å². The molecule has 200 valence electrons. The van der Waals surface area contributed by atoms with Gasteiger partial charge in [-0.3, -0.25) is 4.90 Å². The van der Waals surface area contributed by atoms with E-state index in [-0.39, 0.29) is 30.9 Å². The first kappa shape index (κ1) is 24.6. The Morgan fingerprint density at radius 3 is 2.71 bits per heavy atom. The van der Waals surface area contributed by atoms with E-state index in [4.69, 9.17) is 10.5 Å². The number of anilines is 3. The highest BCUT2D eigenvalue weighted by atomic mass is 19.1. The molecule has 0 radical (unpaired) electrons. The Balaban J connectivity index is 1.12. The van der Waals surface area contributed by atoms with Gasteiger partial charge < -0.3 is 30.5 Å². The number of piperazine rings is 1. The van der Waals surface area contributed by atoms with Crippen molar-refractivity contribution in [3.05, 3.63) is 53.6 Å². The van der Waals surface area contributed by atoms with E-state index in [2.05, 4.69) is 30.9 Å². The SMILES string of the molecule is Cc1c(C=CCN2CCN3c4cc(F)ccc4OCC3C2)cnn1-c1cc(N2C[C@H](O)[C@@H](O)C2)nc(N)n1. The van der Waals surface area contributed by atoms with Crippen LogP contribution in [0.1, 0.15) is 11.3 Å². The van der Waals surface area contributed by atoms with Crippen LogP contribution in [0.2, 0.25) is 0 Å². The highest BCUT2D eigenvalue weighted by Crippen LogP contribution is 2.35. The normalized spacial score (nSPS) is 23.5. The maximum absolute atomic E-state index is 13.8. The number of fused-ring (bicyclic) bond motifs is 3. The lowest BCUT2D eigenvalue weighted by molar-refractivity contribution is 0.0572. The first-order valence-electron chi connectivity index (χ1n) is 12.7. The third-order valence-corrected chi connectivity index (χ3v) is 7.45. The van der Waals surface area contributed by atoms with Crippen LogP contribution in [0.15, 0.2) is 36.5 Å².